The molecule has 0 saturated carbocycles. The van der Waals surface area contributed by atoms with Crippen molar-refractivity contribution in [3.05, 3.63) is 53.8 Å². The Morgan fingerprint density at radius 3 is 2.74 bits per heavy atom. The van der Waals surface area contributed by atoms with Crippen LogP contribution < -0.4 is 10.1 Å². The predicted molar refractivity (Wildman–Crippen MR) is 117 cm³/mol. The molecule has 1 atom stereocenters. The molecule has 0 radical (unpaired) electrons. The number of carbonyl (C=O) groups is 1. The second kappa shape index (κ2) is 9.79. The van der Waals surface area contributed by atoms with Crippen molar-refractivity contribution in [1.82, 2.24) is 5.32 Å². The summed E-state index contributed by atoms with van der Waals surface area (Å²) < 4.78 is 30.4. The van der Waals surface area contributed by atoms with Crippen LogP contribution in [0.25, 0.3) is 11.1 Å². The first-order valence-corrected chi connectivity index (χ1v) is 11.0. The summed E-state index contributed by atoms with van der Waals surface area (Å²) in [5.41, 5.74) is 2.10. The topological polar surface area (TPSA) is 56.8 Å². The van der Waals surface area contributed by atoms with Crippen LogP contribution >= 0.6 is 0 Å². The molecule has 2 aliphatic heterocycles. The van der Waals surface area contributed by atoms with E-state index < -0.39 is 5.41 Å². The van der Waals surface area contributed by atoms with Gasteiger partial charge in [-0.2, -0.15) is 0 Å². The number of hydrogen-bond acceptors (Lipinski definition) is 4. The second-order valence-corrected chi connectivity index (χ2v) is 8.50. The molecule has 0 unspecified atom stereocenters. The fraction of sp³-hybridized carbons (Fsp3) is 0.480. The molecule has 2 aromatic rings. The summed E-state index contributed by atoms with van der Waals surface area (Å²) in [6.07, 6.45) is 3.90. The van der Waals surface area contributed by atoms with Gasteiger partial charge < -0.3 is 19.5 Å². The van der Waals surface area contributed by atoms with E-state index in [9.17, 15) is 9.18 Å². The van der Waals surface area contributed by atoms with Gasteiger partial charge in [-0.1, -0.05) is 24.3 Å². The van der Waals surface area contributed by atoms with E-state index in [1.807, 2.05) is 24.3 Å². The lowest BCUT2D eigenvalue weighted by Gasteiger charge is -2.37. The molecule has 0 bridgehead atoms. The molecule has 2 heterocycles. The molecule has 5 nitrogen and oxygen atoms in total. The maximum absolute atomic E-state index is 13.9. The summed E-state index contributed by atoms with van der Waals surface area (Å²) in [4.78, 5) is 13.4. The van der Waals surface area contributed by atoms with E-state index in [4.69, 9.17) is 14.2 Å². The third kappa shape index (κ3) is 5.08. The minimum absolute atomic E-state index is 0.0730. The van der Waals surface area contributed by atoms with Gasteiger partial charge in [0.2, 0.25) is 5.91 Å². The number of carbonyl (C=O) groups excluding carboxylic acids is 1. The lowest BCUT2D eigenvalue weighted by molar-refractivity contribution is -0.138. The molecule has 166 valence electrons. The van der Waals surface area contributed by atoms with Gasteiger partial charge in [0.05, 0.1) is 25.2 Å². The number of hydrogen-bond donors (Lipinski definition) is 1. The van der Waals surface area contributed by atoms with E-state index >= 15 is 0 Å². The highest BCUT2D eigenvalue weighted by Crippen LogP contribution is 2.37. The first kappa shape index (κ1) is 21.8. The molecule has 1 N–H and O–H groups in total. The molecule has 2 aliphatic rings. The number of halogens is 1. The van der Waals surface area contributed by atoms with Crippen LogP contribution in [-0.4, -0.2) is 45.5 Å². The summed E-state index contributed by atoms with van der Waals surface area (Å²) in [5.74, 6) is 0.394. The van der Waals surface area contributed by atoms with E-state index in [1.54, 1.807) is 13.2 Å². The molecular formula is C25H30FNO4. The summed E-state index contributed by atoms with van der Waals surface area (Å²) in [5, 5.41) is 3.23. The van der Waals surface area contributed by atoms with E-state index in [-0.39, 0.29) is 17.8 Å². The molecular weight excluding hydrogens is 397 g/mol. The highest BCUT2D eigenvalue weighted by Gasteiger charge is 2.41. The van der Waals surface area contributed by atoms with Crippen molar-refractivity contribution in [2.24, 2.45) is 5.41 Å². The van der Waals surface area contributed by atoms with Gasteiger partial charge in [0.1, 0.15) is 11.6 Å². The van der Waals surface area contributed by atoms with Crippen LogP contribution in [0.3, 0.4) is 0 Å². The van der Waals surface area contributed by atoms with Crippen molar-refractivity contribution in [3.8, 4) is 16.9 Å². The summed E-state index contributed by atoms with van der Waals surface area (Å²) in [7, 11) is 1.58. The normalized spacial score (nSPS) is 20.8. The zero-order valence-electron chi connectivity index (χ0n) is 18.0. The minimum atomic E-state index is -0.514. The monoisotopic (exact) mass is 427 g/mol. The average molecular weight is 428 g/mol. The quantitative estimate of drug-likeness (QED) is 0.753. The Hall–Kier alpha value is -2.44. The molecule has 2 saturated heterocycles. The molecule has 4 rings (SSSR count). The standard InChI is InChI=1S/C25H30FNO4/c1-29-23-8-7-20(26)15-22(23)19-5-2-4-18(14-19)16-25(9-12-30-13-10-25)24(28)27-21-6-3-11-31-17-21/h2,4-5,7-8,14-15,21H,3,6,9-13,16-17H2,1H3,(H,27,28)/t21-/m1/s1. The zero-order chi connectivity index (χ0) is 21.7. The smallest absolute Gasteiger partial charge is 0.227 e. The Morgan fingerprint density at radius 2 is 2.00 bits per heavy atom. The van der Waals surface area contributed by atoms with E-state index in [0.29, 0.717) is 50.4 Å². The summed E-state index contributed by atoms with van der Waals surface area (Å²) >= 11 is 0. The molecule has 0 aromatic heterocycles. The van der Waals surface area contributed by atoms with Crippen LogP contribution in [0.4, 0.5) is 4.39 Å². The van der Waals surface area contributed by atoms with Gasteiger partial charge in [0, 0.05) is 25.4 Å². The van der Waals surface area contributed by atoms with E-state index in [2.05, 4.69) is 5.32 Å². The van der Waals surface area contributed by atoms with Gasteiger partial charge >= 0.3 is 0 Å². The van der Waals surface area contributed by atoms with Crippen molar-refractivity contribution in [1.29, 1.82) is 0 Å². The molecule has 0 aliphatic carbocycles. The van der Waals surface area contributed by atoms with Gasteiger partial charge in [-0.05, 0) is 61.4 Å². The van der Waals surface area contributed by atoms with Crippen LogP contribution in [0.1, 0.15) is 31.2 Å². The van der Waals surface area contributed by atoms with Crippen molar-refractivity contribution in [3.63, 3.8) is 0 Å². The molecule has 31 heavy (non-hydrogen) atoms. The maximum atomic E-state index is 13.9. The molecule has 0 spiro atoms. The van der Waals surface area contributed by atoms with Gasteiger partial charge in [0.25, 0.3) is 0 Å². The fourth-order valence-electron chi connectivity index (χ4n) is 4.58. The molecule has 1 amide bonds. The number of nitrogens with one attached hydrogen (secondary N) is 1. The number of methoxy groups -OCH3 is 1. The predicted octanol–water partition coefficient (Wildman–Crippen LogP) is 4.14. The van der Waals surface area contributed by atoms with E-state index in [0.717, 1.165) is 30.6 Å². The van der Waals surface area contributed by atoms with Crippen LogP contribution in [0, 0.1) is 11.2 Å². The number of rotatable bonds is 6. The van der Waals surface area contributed by atoms with Crippen molar-refractivity contribution >= 4 is 5.91 Å². The highest BCUT2D eigenvalue weighted by atomic mass is 19.1. The number of ether oxygens (including phenoxy) is 3. The summed E-state index contributed by atoms with van der Waals surface area (Å²) in [6.45, 7) is 2.49. The van der Waals surface area contributed by atoms with Gasteiger partial charge in [-0.15, -0.1) is 0 Å². The maximum Gasteiger partial charge on any atom is 0.227 e. The Bertz CT molecular complexity index is 904. The van der Waals surface area contributed by atoms with Crippen molar-refractivity contribution in [2.45, 2.75) is 38.1 Å². The lowest BCUT2D eigenvalue weighted by Crippen LogP contribution is -2.51. The fourth-order valence-corrected chi connectivity index (χ4v) is 4.58. The SMILES string of the molecule is COc1ccc(F)cc1-c1cccc(CC2(C(=O)N[C@@H]3CCCOC3)CCOCC2)c1. The van der Waals surface area contributed by atoms with Crippen LogP contribution in [0.5, 0.6) is 5.75 Å². The third-order valence-corrected chi connectivity index (χ3v) is 6.37. The molecule has 6 heteroatoms. The van der Waals surface area contributed by atoms with Gasteiger partial charge in [-0.3, -0.25) is 4.79 Å². The second-order valence-electron chi connectivity index (χ2n) is 8.50. The highest BCUT2D eigenvalue weighted by molar-refractivity contribution is 5.83. The van der Waals surface area contributed by atoms with Gasteiger partial charge in [-0.25, -0.2) is 4.39 Å². The number of benzene rings is 2. The molecule has 2 aromatic carbocycles. The number of amides is 1. The third-order valence-electron chi connectivity index (χ3n) is 6.37. The van der Waals surface area contributed by atoms with Crippen LogP contribution in [0.15, 0.2) is 42.5 Å². The largest absolute Gasteiger partial charge is 0.496 e. The van der Waals surface area contributed by atoms with E-state index in [1.165, 1.54) is 12.1 Å². The first-order chi connectivity index (χ1) is 15.1. The van der Waals surface area contributed by atoms with Crippen molar-refractivity contribution in [2.75, 3.05) is 33.5 Å². The minimum Gasteiger partial charge on any atom is -0.496 e. The average Bonchev–Trinajstić information content (AvgIpc) is 2.80. The Morgan fingerprint density at radius 1 is 1.16 bits per heavy atom. The Kier molecular flexibility index (Phi) is 6.88. The van der Waals surface area contributed by atoms with Crippen LogP contribution in [-0.2, 0) is 20.7 Å². The molecule has 2 fully saturated rings. The van der Waals surface area contributed by atoms with Gasteiger partial charge in [0.15, 0.2) is 0 Å². The Labute approximate surface area is 182 Å². The summed E-state index contributed by atoms with van der Waals surface area (Å²) in [6, 6.07) is 12.5. The van der Waals surface area contributed by atoms with Crippen LogP contribution in [0.2, 0.25) is 0 Å². The first-order valence-electron chi connectivity index (χ1n) is 11.0. The zero-order valence-corrected chi connectivity index (χ0v) is 18.0. The van der Waals surface area contributed by atoms with Crippen molar-refractivity contribution < 1.29 is 23.4 Å². The lowest BCUT2D eigenvalue weighted by atomic mass is 9.74. The Balaban J connectivity index is 1.58.